The third-order valence-electron chi connectivity index (χ3n) is 1.87. The second kappa shape index (κ2) is 4.10. The highest BCUT2D eigenvalue weighted by molar-refractivity contribution is 7.14. The number of hydrogen-bond acceptors (Lipinski definition) is 4. The molecule has 0 aliphatic heterocycles. The summed E-state index contributed by atoms with van der Waals surface area (Å²) in [4.78, 5) is 15.0. The van der Waals surface area contributed by atoms with Gasteiger partial charge in [0.2, 0.25) is 0 Å². The van der Waals surface area contributed by atoms with Crippen molar-refractivity contribution in [3.05, 3.63) is 41.5 Å². The first kappa shape index (κ1) is 9.67. The molecular formula is C10H9N3OS. The van der Waals surface area contributed by atoms with E-state index in [0.717, 1.165) is 10.7 Å². The molecule has 76 valence electrons. The minimum absolute atomic E-state index is 0.423. The van der Waals surface area contributed by atoms with Gasteiger partial charge >= 0.3 is 0 Å². The first-order valence-corrected chi connectivity index (χ1v) is 5.19. The number of hydrogen-bond donors (Lipinski definition) is 2. The molecule has 3 N–H and O–H groups in total. The highest BCUT2D eigenvalue weighted by atomic mass is 32.1. The van der Waals surface area contributed by atoms with Crippen molar-refractivity contribution in [2.45, 2.75) is 0 Å². The summed E-state index contributed by atoms with van der Waals surface area (Å²) in [6.07, 6.45) is 3.36. The van der Waals surface area contributed by atoms with E-state index < -0.39 is 5.91 Å². The van der Waals surface area contributed by atoms with Gasteiger partial charge in [0.15, 0.2) is 0 Å². The fraction of sp³-hybridized carbons (Fsp3) is 0. The SMILES string of the molecule is NC(=O)c1ccsc1Nc1ccncc1. The van der Waals surface area contributed by atoms with Gasteiger partial charge in [0.05, 0.1) is 5.56 Å². The molecule has 2 aromatic rings. The van der Waals surface area contributed by atoms with Gasteiger partial charge in [-0.05, 0) is 23.6 Å². The van der Waals surface area contributed by atoms with E-state index in [4.69, 9.17) is 5.73 Å². The van der Waals surface area contributed by atoms with Crippen LogP contribution in [0.2, 0.25) is 0 Å². The van der Waals surface area contributed by atoms with Crippen LogP contribution in [0, 0.1) is 0 Å². The van der Waals surface area contributed by atoms with Crippen LogP contribution in [0.3, 0.4) is 0 Å². The maximum absolute atomic E-state index is 11.0. The van der Waals surface area contributed by atoms with E-state index in [1.807, 2.05) is 17.5 Å². The second-order valence-electron chi connectivity index (χ2n) is 2.89. The molecule has 0 bridgehead atoms. The molecule has 15 heavy (non-hydrogen) atoms. The van der Waals surface area contributed by atoms with E-state index in [9.17, 15) is 4.79 Å². The van der Waals surface area contributed by atoms with Crippen LogP contribution >= 0.6 is 11.3 Å². The highest BCUT2D eigenvalue weighted by Crippen LogP contribution is 2.26. The zero-order valence-corrected chi connectivity index (χ0v) is 8.62. The van der Waals surface area contributed by atoms with Gasteiger partial charge in [-0.15, -0.1) is 11.3 Å². The van der Waals surface area contributed by atoms with E-state index in [2.05, 4.69) is 10.3 Å². The monoisotopic (exact) mass is 219 g/mol. The van der Waals surface area contributed by atoms with Gasteiger partial charge in [0.25, 0.3) is 5.91 Å². The van der Waals surface area contributed by atoms with Crippen LogP contribution in [0.1, 0.15) is 10.4 Å². The van der Waals surface area contributed by atoms with Gasteiger partial charge in [-0.3, -0.25) is 9.78 Å². The Bertz CT molecular complexity index is 467. The third-order valence-corrected chi connectivity index (χ3v) is 2.70. The topological polar surface area (TPSA) is 68.0 Å². The van der Waals surface area contributed by atoms with Gasteiger partial charge in [0.1, 0.15) is 5.00 Å². The van der Waals surface area contributed by atoms with Crippen molar-refractivity contribution in [1.29, 1.82) is 0 Å². The lowest BCUT2D eigenvalue weighted by Gasteiger charge is -2.04. The largest absolute Gasteiger partial charge is 0.366 e. The fourth-order valence-electron chi connectivity index (χ4n) is 1.17. The number of primary amides is 1. The molecule has 0 unspecified atom stereocenters. The zero-order valence-electron chi connectivity index (χ0n) is 7.81. The summed E-state index contributed by atoms with van der Waals surface area (Å²) in [5.74, 6) is -0.423. The van der Waals surface area contributed by atoms with Gasteiger partial charge in [0, 0.05) is 18.1 Å². The Morgan fingerprint density at radius 3 is 2.73 bits per heavy atom. The first-order valence-electron chi connectivity index (χ1n) is 4.32. The van der Waals surface area contributed by atoms with Crippen LogP contribution in [0.5, 0.6) is 0 Å². The Hall–Kier alpha value is -1.88. The zero-order chi connectivity index (χ0) is 10.7. The molecule has 1 amide bonds. The first-order chi connectivity index (χ1) is 7.27. The average molecular weight is 219 g/mol. The van der Waals surface area contributed by atoms with Gasteiger partial charge in [-0.1, -0.05) is 0 Å². The van der Waals surface area contributed by atoms with Crippen molar-refractivity contribution < 1.29 is 4.79 Å². The Kier molecular flexibility index (Phi) is 2.64. The van der Waals surface area contributed by atoms with Gasteiger partial charge < -0.3 is 11.1 Å². The van der Waals surface area contributed by atoms with Crippen molar-refractivity contribution in [2.24, 2.45) is 5.73 Å². The molecule has 0 radical (unpaired) electrons. The van der Waals surface area contributed by atoms with Crippen LogP contribution in [-0.2, 0) is 0 Å². The van der Waals surface area contributed by atoms with E-state index in [1.54, 1.807) is 18.5 Å². The molecular weight excluding hydrogens is 210 g/mol. The summed E-state index contributed by atoms with van der Waals surface area (Å²) >= 11 is 1.44. The summed E-state index contributed by atoms with van der Waals surface area (Å²) in [6.45, 7) is 0. The molecule has 0 spiro atoms. The number of nitrogens with one attached hydrogen (secondary N) is 1. The fourth-order valence-corrected chi connectivity index (χ4v) is 1.98. The number of nitrogens with two attached hydrogens (primary N) is 1. The number of aromatic nitrogens is 1. The number of pyridine rings is 1. The number of rotatable bonds is 3. The van der Waals surface area contributed by atoms with E-state index in [1.165, 1.54) is 11.3 Å². The Morgan fingerprint density at radius 2 is 2.07 bits per heavy atom. The smallest absolute Gasteiger partial charge is 0.251 e. The summed E-state index contributed by atoms with van der Waals surface area (Å²) in [5, 5.41) is 5.69. The molecule has 0 saturated heterocycles. The van der Waals surface area contributed by atoms with E-state index >= 15 is 0 Å². The van der Waals surface area contributed by atoms with Gasteiger partial charge in [-0.25, -0.2) is 0 Å². The minimum Gasteiger partial charge on any atom is -0.366 e. The Morgan fingerprint density at radius 1 is 1.33 bits per heavy atom. The Balaban J connectivity index is 2.25. The van der Waals surface area contributed by atoms with Gasteiger partial charge in [-0.2, -0.15) is 0 Å². The van der Waals surface area contributed by atoms with E-state index in [-0.39, 0.29) is 0 Å². The predicted octanol–water partition coefficient (Wildman–Crippen LogP) is 1.99. The van der Waals surface area contributed by atoms with Crippen LogP contribution in [-0.4, -0.2) is 10.9 Å². The summed E-state index contributed by atoms with van der Waals surface area (Å²) < 4.78 is 0. The summed E-state index contributed by atoms with van der Waals surface area (Å²) in [7, 11) is 0. The van der Waals surface area contributed by atoms with Crippen LogP contribution in [0.25, 0.3) is 0 Å². The molecule has 4 nitrogen and oxygen atoms in total. The summed E-state index contributed by atoms with van der Waals surface area (Å²) in [6, 6.07) is 5.35. The highest BCUT2D eigenvalue weighted by Gasteiger charge is 2.08. The van der Waals surface area contributed by atoms with Crippen molar-refractivity contribution in [3.8, 4) is 0 Å². The molecule has 0 aromatic carbocycles. The lowest BCUT2D eigenvalue weighted by atomic mass is 10.3. The number of thiophene rings is 1. The number of carbonyl (C=O) groups is 1. The molecule has 0 saturated carbocycles. The van der Waals surface area contributed by atoms with Crippen LogP contribution in [0.15, 0.2) is 36.0 Å². The molecule has 0 aliphatic rings. The lowest BCUT2D eigenvalue weighted by Crippen LogP contribution is -2.11. The average Bonchev–Trinajstić information content (AvgIpc) is 2.67. The predicted molar refractivity (Wildman–Crippen MR) is 60.4 cm³/mol. The van der Waals surface area contributed by atoms with Crippen LogP contribution < -0.4 is 11.1 Å². The number of anilines is 2. The number of amides is 1. The van der Waals surface area contributed by atoms with E-state index in [0.29, 0.717) is 5.56 Å². The quantitative estimate of drug-likeness (QED) is 0.829. The van der Waals surface area contributed by atoms with Crippen molar-refractivity contribution in [3.63, 3.8) is 0 Å². The standard InChI is InChI=1S/C10H9N3OS/c11-9(14)8-3-6-15-10(8)13-7-1-4-12-5-2-7/h1-6H,(H2,11,14)(H,12,13). The molecule has 0 aliphatic carbocycles. The van der Waals surface area contributed by atoms with Crippen LogP contribution in [0.4, 0.5) is 10.7 Å². The maximum atomic E-state index is 11.0. The molecule has 5 heteroatoms. The summed E-state index contributed by atoms with van der Waals surface area (Å²) in [5.41, 5.74) is 6.62. The van der Waals surface area contributed by atoms with Crippen molar-refractivity contribution in [2.75, 3.05) is 5.32 Å². The molecule has 0 atom stereocenters. The lowest BCUT2D eigenvalue weighted by molar-refractivity contribution is 0.100. The molecule has 2 aromatic heterocycles. The van der Waals surface area contributed by atoms with Crippen molar-refractivity contribution in [1.82, 2.24) is 4.98 Å². The third kappa shape index (κ3) is 2.13. The normalized spacial score (nSPS) is 9.87. The molecule has 2 rings (SSSR count). The number of carbonyl (C=O) groups excluding carboxylic acids is 1. The molecule has 0 fully saturated rings. The molecule has 2 heterocycles. The second-order valence-corrected chi connectivity index (χ2v) is 3.80. The van der Waals surface area contributed by atoms with Crippen molar-refractivity contribution >= 4 is 27.9 Å². The number of nitrogens with zero attached hydrogens (tertiary/aromatic N) is 1. The maximum Gasteiger partial charge on any atom is 0.251 e. The Labute approximate surface area is 90.8 Å². The minimum atomic E-state index is -0.423.